The second-order valence-corrected chi connectivity index (χ2v) is 7.08. The van der Waals surface area contributed by atoms with E-state index >= 15 is 0 Å². The Morgan fingerprint density at radius 3 is 2.92 bits per heavy atom. The van der Waals surface area contributed by atoms with Crippen LogP contribution in [0.25, 0.3) is 0 Å². The quantitative estimate of drug-likeness (QED) is 0.928. The summed E-state index contributed by atoms with van der Waals surface area (Å²) >= 11 is 5.90. The maximum Gasteiger partial charge on any atom is 0.244 e. The van der Waals surface area contributed by atoms with Gasteiger partial charge in [-0.25, -0.2) is 0 Å². The Hall–Kier alpha value is -1.85. The van der Waals surface area contributed by atoms with Crippen LogP contribution in [0.1, 0.15) is 17.9 Å². The molecule has 2 saturated heterocycles. The minimum Gasteiger partial charge on any atom is -0.337 e. The van der Waals surface area contributed by atoms with Crippen molar-refractivity contribution in [1.29, 1.82) is 0 Å². The van der Waals surface area contributed by atoms with E-state index in [1.807, 2.05) is 6.07 Å². The lowest BCUT2D eigenvalue weighted by molar-refractivity contribution is -0.133. The molecule has 6 heteroatoms. The first kappa shape index (κ1) is 15.7. The molecule has 3 heterocycles. The number of nitrogens with one attached hydrogen (secondary N) is 1. The zero-order chi connectivity index (χ0) is 16.5. The molecule has 0 bridgehead atoms. The van der Waals surface area contributed by atoms with Crippen LogP contribution in [-0.2, 0) is 11.3 Å². The number of nitrogens with zero attached hydrogens (tertiary/aromatic N) is 3. The Labute approximate surface area is 146 Å². The van der Waals surface area contributed by atoms with Crippen LogP contribution in [0, 0.1) is 5.92 Å². The first-order valence-electron chi connectivity index (χ1n) is 8.45. The molecule has 2 aliphatic heterocycles. The topological polar surface area (TPSA) is 50.2 Å². The summed E-state index contributed by atoms with van der Waals surface area (Å²) < 4.78 is 1.62. The minimum atomic E-state index is 0.130. The molecule has 0 spiro atoms. The summed E-state index contributed by atoms with van der Waals surface area (Å²) in [5.74, 6) is 1.01. The van der Waals surface area contributed by atoms with Gasteiger partial charge in [-0.15, -0.1) is 0 Å². The van der Waals surface area contributed by atoms with E-state index in [0.717, 1.165) is 26.1 Å². The highest BCUT2D eigenvalue weighted by Gasteiger charge is 2.45. The molecule has 24 heavy (non-hydrogen) atoms. The van der Waals surface area contributed by atoms with Gasteiger partial charge in [0.25, 0.3) is 0 Å². The first-order chi connectivity index (χ1) is 11.7. The highest BCUT2D eigenvalue weighted by atomic mass is 35.5. The van der Waals surface area contributed by atoms with Gasteiger partial charge in [-0.05, 0) is 18.5 Å². The summed E-state index contributed by atoms with van der Waals surface area (Å²) in [6, 6.07) is 10.9. The zero-order valence-electron chi connectivity index (χ0n) is 13.4. The van der Waals surface area contributed by atoms with Crippen molar-refractivity contribution in [1.82, 2.24) is 20.0 Å². The van der Waals surface area contributed by atoms with Crippen molar-refractivity contribution in [2.75, 3.05) is 19.6 Å². The molecule has 0 unspecified atom stereocenters. The molecule has 2 fully saturated rings. The zero-order valence-corrected chi connectivity index (χ0v) is 14.2. The normalized spacial score (nSPS) is 26.4. The van der Waals surface area contributed by atoms with E-state index < -0.39 is 0 Å². The number of fused-ring (bicyclic) bond motifs is 1. The number of aromatic nitrogens is 2. The summed E-state index contributed by atoms with van der Waals surface area (Å²) in [6.07, 6.45) is 4.28. The number of piperidine rings is 1. The molecule has 0 saturated carbocycles. The van der Waals surface area contributed by atoms with Crippen molar-refractivity contribution in [3.63, 3.8) is 0 Å². The number of amides is 1. The average Bonchev–Trinajstić information content (AvgIpc) is 3.19. The highest BCUT2D eigenvalue weighted by molar-refractivity contribution is 6.30. The van der Waals surface area contributed by atoms with E-state index in [9.17, 15) is 4.79 Å². The highest BCUT2D eigenvalue weighted by Crippen LogP contribution is 2.39. The maximum atomic E-state index is 12.9. The van der Waals surface area contributed by atoms with Crippen molar-refractivity contribution < 1.29 is 4.79 Å². The fourth-order valence-electron chi connectivity index (χ4n) is 4.14. The van der Waals surface area contributed by atoms with Gasteiger partial charge in [-0.1, -0.05) is 41.9 Å². The predicted octanol–water partition coefficient (Wildman–Crippen LogP) is 2.14. The third-order valence-electron chi connectivity index (χ3n) is 5.25. The molecule has 126 valence electrons. The van der Waals surface area contributed by atoms with Gasteiger partial charge in [0.2, 0.25) is 5.91 Å². The Morgan fingerprint density at radius 2 is 2.17 bits per heavy atom. The third kappa shape index (κ3) is 2.94. The number of likely N-dealkylation sites (tertiary alicyclic amines) is 1. The van der Waals surface area contributed by atoms with E-state index in [0.29, 0.717) is 22.9 Å². The van der Waals surface area contributed by atoms with Crippen molar-refractivity contribution >= 4 is 17.5 Å². The van der Waals surface area contributed by atoms with Crippen molar-refractivity contribution in [3.05, 3.63) is 53.3 Å². The number of carbonyl (C=O) groups is 1. The van der Waals surface area contributed by atoms with Gasteiger partial charge in [0, 0.05) is 37.2 Å². The van der Waals surface area contributed by atoms with Crippen LogP contribution in [0.3, 0.4) is 0 Å². The van der Waals surface area contributed by atoms with Crippen LogP contribution in [0.15, 0.2) is 42.7 Å². The molecular weight excluding hydrogens is 324 g/mol. The number of hydrogen-bond donors (Lipinski definition) is 1. The molecule has 2 aromatic rings. The van der Waals surface area contributed by atoms with Gasteiger partial charge in [0.1, 0.15) is 6.54 Å². The molecule has 1 amide bonds. The molecule has 1 N–H and O–H groups in total. The van der Waals surface area contributed by atoms with Crippen molar-refractivity contribution in [3.8, 4) is 0 Å². The average molecular weight is 345 g/mol. The van der Waals surface area contributed by atoms with Gasteiger partial charge in [-0.3, -0.25) is 9.48 Å². The van der Waals surface area contributed by atoms with Crippen LogP contribution in [0.4, 0.5) is 0 Å². The van der Waals surface area contributed by atoms with Gasteiger partial charge in [-0.2, -0.15) is 5.10 Å². The van der Waals surface area contributed by atoms with Gasteiger partial charge in [0.05, 0.1) is 11.2 Å². The predicted molar refractivity (Wildman–Crippen MR) is 92.9 cm³/mol. The maximum absolute atomic E-state index is 12.9. The smallest absolute Gasteiger partial charge is 0.244 e. The number of hydrogen-bond acceptors (Lipinski definition) is 3. The molecule has 5 nitrogen and oxygen atoms in total. The van der Waals surface area contributed by atoms with E-state index in [-0.39, 0.29) is 12.5 Å². The van der Waals surface area contributed by atoms with Gasteiger partial charge in [0.15, 0.2) is 0 Å². The second kappa shape index (κ2) is 6.57. The molecule has 3 atom stereocenters. The van der Waals surface area contributed by atoms with E-state index in [4.69, 9.17) is 11.6 Å². The fraction of sp³-hybridized carbons (Fsp3) is 0.444. The minimum absolute atomic E-state index is 0.130. The molecule has 0 radical (unpaired) electrons. The summed E-state index contributed by atoms with van der Waals surface area (Å²) in [5, 5.41) is 8.19. The van der Waals surface area contributed by atoms with Crippen molar-refractivity contribution in [2.45, 2.75) is 24.9 Å². The first-order valence-corrected chi connectivity index (χ1v) is 8.83. The van der Waals surface area contributed by atoms with Crippen molar-refractivity contribution in [2.24, 2.45) is 5.92 Å². The Balaban J connectivity index is 1.55. The lowest BCUT2D eigenvalue weighted by Gasteiger charge is -2.33. The lowest BCUT2D eigenvalue weighted by Crippen LogP contribution is -2.46. The van der Waals surface area contributed by atoms with Crippen LogP contribution in [-0.4, -0.2) is 46.3 Å². The number of carbonyl (C=O) groups excluding carboxylic acids is 1. The summed E-state index contributed by atoms with van der Waals surface area (Å²) in [6.45, 7) is 2.99. The standard InChI is InChI=1S/C18H21ClN4O/c19-14-8-21-22(10-14)12-18(24)23-11-16(13-4-2-1-3-5-13)15-9-20-7-6-17(15)23/h1-5,8,10,15-17,20H,6-7,9,11-12H2/t15-,16-,17-/m1/s1. The van der Waals surface area contributed by atoms with E-state index in [1.54, 1.807) is 17.1 Å². The summed E-state index contributed by atoms with van der Waals surface area (Å²) in [5.41, 5.74) is 1.33. The molecule has 4 rings (SSSR count). The third-order valence-corrected chi connectivity index (χ3v) is 5.44. The largest absolute Gasteiger partial charge is 0.337 e. The second-order valence-electron chi connectivity index (χ2n) is 6.64. The molecule has 1 aromatic heterocycles. The Kier molecular flexibility index (Phi) is 4.29. The van der Waals surface area contributed by atoms with E-state index in [2.05, 4.69) is 39.6 Å². The Morgan fingerprint density at radius 1 is 1.33 bits per heavy atom. The fourth-order valence-corrected chi connectivity index (χ4v) is 4.30. The number of halogens is 1. The molecule has 0 aliphatic carbocycles. The number of benzene rings is 1. The number of rotatable bonds is 3. The monoisotopic (exact) mass is 344 g/mol. The van der Waals surface area contributed by atoms with Crippen LogP contribution < -0.4 is 5.32 Å². The van der Waals surface area contributed by atoms with Gasteiger partial charge >= 0.3 is 0 Å². The van der Waals surface area contributed by atoms with Crippen LogP contribution >= 0.6 is 11.6 Å². The van der Waals surface area contributed by atoms with Crippen LogP contribution in [0.5, 0.6) is 0 Å². The summed E-state index contributed by atoms with van der Waals surface area (Å²) in [4.78, 5) is 14.9. The Bertz CT molecular complexity index is 717. The lowest BCUT2D eigenvalue weighted by atomic mass is 9.82. The van der Waals surface area contributed by atoms with E-state index in [1.165, 1.54) is 5.56 Å². The SMILES string of the molecule is O=C(Cn1cc(Cl)cn1)N1C[C@H](c2ccccc2)[C@H]2CNCC[C@H]21. The summed E-state index contributed by atoms with van der Waals surface area (Å²) in [7, 11) is 0. The van der Waals surface area contributed by atoms with Crippen LogP contribution in [0.2, 0.25) is 5.02 Å². The molecular formula is C18H21ClN4O. The van der Waals surface area contributed by atoms with Gasteiger partial charge < -0.3 is 10.2 Å². The molecule has 2 aliphatic rings. The molecule has 1 aromatic carbocycles.